The Morgan fingerprint density at radius 1 is 1.25 bits per heavy atom. The summed E-state index contributed by atoms with van der Waals surface area (Å²) in [6, 6.07) is 6.08. The summed E-state index contributed by atoms with van der Waals surface area (Å²) in [6.45, 7) is 4.32. The summed E-state index contributed by atoms with van der Waals surface area (Å²) >= 11 is 0. The van der Waals surface area contributed by atoms with Crippen molar-refractivity contribution in [3.05, 3.63) is 23.8 Å². The summed E-state index contributed by atoms with van der Waals surface area (Å²) in [7, 11) is 0. The average molecular weight is 276 g/mol. The molecule has 3 N–H and O–H groups in total. The first-order valence-corrected chi connectivity index (χ1v) is 7.68. The fraction of sp³-hybridized carbons (Fsp3) is 0.625. The van der Waals surface area contributed by atoms with Gasteiger partial charge in [0.25, 0.3) is 0 Å². The summed E-state index contributed by atoms with van der Waals surface area (Å²) in [4.78, 5) is 2.48. The average Bonchev–Trinajstić information content (AvgIpc) is 3.10. The van der Waals surface area contributed by atoms with Gasteiger partial charge in [-0.2, -0.15) is 0 Å². The second-order valence-electron chi connectivity index (χ2n) is 6.07. The van der Waals surface area contributed by atoms with Gasteiger partial charge in [-0.25, -0.2) is 0 Å². The predicted octanol–water partition coefficient (Wildman–Crippen LogP) is 2.38. The van der Waals surface area contributed by atoms with E-state index in [-0.39, 0.29) is 17.5 Å². The molecule has 2 saturated heterocycles. The lowest BCUT2D eigenvalue weighted by Crippen LogP contribution is -2.44. The second-order valence-corrected chi connectivity index (χ2v) is 6.07. The van der Waals surface area contributed by atoms with Crippen LogP contribution >= 0.6 is 0 Å². The van der Waals surface area contributed by atoms with Gasteiger partial charge in [-0.15, -0.1) is 0 Å². The predicted molar refractivity (Wildman–Crippen MR) is 78.9 cm³/mol. The number of phenols is 2. The van der Waals surface area contributed by atoms with E-state index < -0.39 is 0 Å². The summed E-state index contributed by atoms with van der Waals surface area (Å²) in [5, 5.41) is 23.3. The SMILES string of the molecule is CC(c1cc(O)ccc1O)N1CCCC1C1CCCN1. The molecule has 3 atom stereocenters. The van der Waals surface area contributed by atoms with Crippen LogP contribution in [0.25, 0.3) is 0 Å². The molecule has 0 spiro atoms. The van der Waals surface area contributed by atoms with Crippen molar-refractivity contribution >= 4 is 0 Å². The quantitative estimate of drug-likeness (QED) is 0.742. The van der Waals surface area contributed by atoms with Crippen LogP contribution in [0, 0.1) is 0 Å². The third-order valence-electron chi connectivity index (χ3n) is 4.86. The Morgan fingerprint density at radius 3 is 2.85 bits per heavy atom. The Balaban J connectivity index is 1.81. The van der Waals surface area contributed by atoms with Crippen LogP contribution in [0.3, 0.4) is 0 Å². The number of nitrogens with one attached hydrogen (secondary N) is 1. The van der Waals surface area contributed by atoms with Crippen LogP contribution in [0.15, 0.2) is 18.2 Å². The molecule has 1 aromatic carbocycles. The summed E-state index contributed by atoms with van der Waals surface area (Å²) in [6.07, 6.45) is 4.95. The van der Waals surface area contributed by atoms with Crippen molar-refractivity contribution in [3.8, 4) is 11.5 Å². The number of nitrogens with zero attached hydrogens (tertiary/aromatic N) is 1. The molecule has 2 heterocycles. The number of benzene rings is 1. The largest absolute Gasteiger partial charge is 0.508 e. The minimum Gasteiger partial charge on any atom is -0.508 e. The summed E-state index contributed by atoms with van der Waals surface area (Å²) < 4.78 is 0. The lowest BCUT2D eigenvalue weighted by Gasteiger charge is -2.34. The highest BCUT2D eigenvalue weighted by Gasteiger charge is 2.36. The number of rotatable bonds is 3. The molecule has 0 bridgehead atoms. The molecule has 2 aliphatic rings. The van der Waals surface area contributed by atoms with Crippen LogP contribution in [0.2, 0.25) is 0 Å². The number of phenolic OH excluding ortho intramolecular Hbond substituents is 2. The first kappa shape index (κ1) is 13.7. The molecule has 0 aliphatic carbocycles. The van der Waals surface area contributed by atoms with Crippen molar-refractivity contribution in [1.29, 1.82) is 0 Å². The first-order valence-electron chi connectivity index (χ1n) is 7.68. The Bertz CT molecular complexity index is 472. The second kappa shape index (κ2) is 5.62. The molecule has 0 saturated carbocycles. The summed E-state index contributed by atoms with van der Waals surface area (Å²) in [5.74, 6) is 0.500. The molecule has 0 radical (unpaired) electrons. The van der Waals surface area contributed by atoms with Gasteiger partial charge in [-0.3, -0.25) is 4.90 Å². The number of hydrogen-bond acceptors (Lipinski definition) is 4. The van der Waals surface area contributed by atoms with E-state index in [1.807, 2.05) is 0 Å². The van der Waals surface area contributed by atoms with E-state index in [9.17, 15) is 10.2 Å². The maximum atomic E-state index is 10.1. The van der Waals surface area contributed by atoms with Gasteiger partial charge in [0.05, 0.1) is 0 Å². The maximum Gasteiger partial charge on any atom is 0.120 e. The van der Waals surface area contributed by atoms with Gasteiger partial charge in [-0.05, 0) is 63.9 Å². The fourth-order valence-corrected chi connectivity index (χ4v) is 3.82. The fourth-order valence-electron chi connectivity index (χ4n) is 3.82. The zero-order valence-corrected chi connectivity index (χ0v) is 12.0. The van der Waals surface area contributed by atoms with E-state index in [0.29, 0.717) is 12.1 Å². The third kappa shape index (κ3) is 2.50. The molecule has 20 heavy (non-hydrogen) atoms. The number of hydrogen-bond donors (Lipinski definition) is 3. The molecular weight excluding hydrogens is 252 g/mol. The van der Waals surface area contributed by atoms with Gasteiger partial charge in [0.1, 0.15) is 11.5 Å². The monoisotopic (exact) mass is 276 g/mol. The van der Waals surface area contributed by atoms with Crippen LogP contribution < -0.4 is 5.32 Å². The Labute approximate surface area is 120 Å². The lowest BCUT2D eigenvalue weighted by atomic mass is 10.00. The van der Waals surface area contributed by atoms with E-state index in [0.717, 1.165) is 18.7 Å². The zero-order valence-electron chi connectivity index (χ0n) is 12.0. The molecule has 0 amide bonds. The number of aromatic hydroxyl groups is 2. The lowest BCUT2D eigenvalue weighted by molar-refractivity contribution is 0.161. The molecule has 4 nitrogen and oxygen atoms in total. The molecule has 3 rings (SSSR count). The normalized spacial score (nSPS) is 28.9. The van der Waals surface area contributed by atoms with E-state index >= 15 is 0 Å². The standard InChI is InChI=1S/C16H24N2O2/c1-11(13-10-12(19)6-7-16(13)20)18-9-3-5-15(18)14-4-2-8-17-14/h6-7,10-11,14-15,17,19-20H,2-5,8-9H2,1H3. The van der Waals surface area contributed by atoms with Crippen molar-refractivity contribution in [1.82, 2.24) is 10.2 Å². The van der Waals surface area contributed by atoms with E-state index in [4.69, 9.17) is 0 Å². The Kier molecular flexibility index (Phi) is 3.85. The van der Waals surface area contributed by atoms with Gasteiger partial charge in [-0.1, -0.05) is 0 Å². The molecule has 3 unspecified atom stereocenters. The van der Waals surface area contributed by atoms with Crippen LogP contribution in [0.1, 0.15) is 44.2 Å². The van der Waals surface area contributed by atoms with E-state index in [2.05, 4.69) is 17.1 Å². The maximum absolute atomic E-state index is 10.1. The molecule has 0 aromatic heterocycles. The molecule has 2 fully saturated rings. The minimum absolute atomic E-state index is 0.136. The molecule has 2 aliphatic heterocycles. The van der Waals surface area contributed by atoms with Crippen molar-refractivity contribution in [3.63, 3.8) is 0 Å². The van der Waals surface area contributed by atoms with Crippen molar-refractivity contribution in [2.24, 2.45) is 0 Å². The Hall–Kier alpha value is -1.26. The highest BCUT2D eigenvalue weighted by atomic mass is 16.3. The van der Waals surface area contributed by atoms with Crippen molar-refractivity contribution in [2.45, 2.75) is 50.7 Å². The smallest absolute Gasteiger partial charge is 0.120 e. The van der Waals surface area contributed by atoms with Crippen molar-refractivity contribution < 1.29 is 10.2 Å². The van der Waals surface area contributed by atoms with E-state index in [1.165, 1.54) is 31.7 Å². The summed E-state index contributed by atoms with van der Waals surface area (Å²) in [5.41, 5.74) is 0.829. The van der Waals surface area contributed by atoms with Crippen molar-refractivity contribution in [2.75, 3.05) is 13.1 Å². The third-order valence-corrected chi connectivity index (χ3v) is 4.86. The Morgan fingerprint density at radius 2 is 2.10 bits per heavy atom. The van der Waals surface area contributed by atoms with Gasteiger partial charge >= 0.3 is 0 Å². The van der Waals surface area contributed by atoms with Crippen LogP contribution in [0.4, 0.5) is 0 Å². The van der Waals surface area contributed by atoms with Gasteiger partial charge in [0.2, 0.25) is 0 Å². The minimum atomic E-state index is 0.136. The van der Waals surface area contributed by atoms with Gasteiger partial charge in [0, 0.05) is 23.7 Å². The number of likely N-dealkylation sites (tertiary alicyclic amines) is 1. The van der Waals surface area contributed by atoms with Crippen LogP contribution in [-0.4, -0.2) is 40.3 Å². The zero-order chi connectivity index (χ0) is 14.1. The van der Waals surface area contributed by atoms with Gasteiger partial charge < -0.3 is 15.5 Å². The first-order chi connectivity index (χ1) is 9.66. The molecule has 4 heteroatoms. The molecule has 1 aromatic rings. The van der Waals surface area contributed by atoms with Gasteiger partial charge in [0.15, 0.2) is 0 Å². The topological polar surface area (TPSA) is 55.7 Å². The highest BCUT2D eigenvalue weighted by Crippen LogP contribution is 2.37. The molecular formula is C16H24N2O2. The van der Waals surface area contributed by atoms with E-state index in [1.54, 1.807) is 12.1 Å². The highest BCUT2D eigenvalue weighted by molar-refractivity contribution is 5.40. The van der Waals surface area contributed by atoms with Crippen LogP contribution in [0.5, 0.6) is 11.5 Å². The molecule has 110 valence electrons. The van der Waals surface area contributed by atoms with Crippen LogP contribution in [-0.2, 0) is 0 Å².